The third-order valence-electron chi connectivity index (χ3n) is 3.91. The molecule has 1 aliphatic rings. The summed E-state index contributed by atoms with van der Waals surface area (Å²) in [5, 5.41) is 6.67. The highest BCUT2D eigenvalue weighted by Crippen LogP contribution is 2.40. The fourth-order valence-corrected chi connectivity index (χ4v) is 2.73. The molecule has 1 aliphatic carbocycles. The van der Waals surface area contributed by atoms with Gasteiger partial charge in [-0.2, -0.15) is 0 Å². The van der Waals surface area contributed by atoms with E-state index in [9.17, 15) is 0 Å². The van der Waals surface area contributed by atoms with Crippen LogP contribution in [-0.2, 0) is 4.74 Å². The maximum absolute atomic E-state index is 5.53. The van der Waals surface area contributed by atoms with Gasteiger partial charge >= 0.3 is 0 Å². The van der Waals surface area contributed by atoms with Crippen LogP contribution in [0.4, 0.5) is 0 Å². The lowest BCUT2D eigenvalue weighted by Gasteiger charge is -2.30. The molecule has 4 nitrogen and oxygen atoms in total. The van der Waals surface area contributed by atoms with E-state index in [4.69, 9.17) is 4.74 Å². The van der Waals surface area contributed by atoms with Crippen LogP contribution < -0.4 is 10.6 Å². The van der Waals surface area contributed by atoms with Crippen molar-refractivity contribution >= 4 is 5.96 Å². The van der Waals surface area contributed by atoms with Crippen LogP contribution in [0.1, 0.15) is 39.0 Å². The van der Waals surface area contributed by atoms with Crippen LogP contribution in [0.3, 0.4) is 0 Å². The molecule has 19 heavy (non-hydrogen) atoms. The maximum Gasteiger partial charge on any atom is 0.191 e. The summed E-state index contributed by atoms with van der Waals surface area (Å²) >= 11 is 0. The van der Waals surface area contributed by atoms with Gasteiger partial charge in [0.05, 0.1) is 0 Å². The van der Waals surface area contributed by atoms with Crippen LogP contribution >= 0.6 is 0 Å². The van der Waals surface area contributed by atoms with Gasteiger partial charge in [-0.3, -0.25) is 4.99 Å². The van der Waals surface area contributed by atoms with E-state index in [2.05, 4.69) is 29.1 Å². The highest BCUT2D eigenvalue weighted by molar-refractivity contribution is 5.79. The summed E-state index contributed by atoms with van der Waals surface area (Å²) in [6.45, 7) is 9.17. The van der Waals surface area contributed by atoms with Crippen molar-refractivity contribution in [2.24, 2.45) is 10.4 Å². The van der Waals surface area contributed by atoms with E-state index < -0.39 is 0 Å². The van der Waals surface area contributed by atoms with E-state index in [1.165, 1.54) is 25.7 Å². The Balaban J connectivity index is 2.42. The molecule has 0 spiro atoms. The van der Waals surface area contributed by atoms with Crippen molar-refractivity contribution in [3.63, 3.8) is 0 Å². The fourth-order valence-electron chi connectivity index (χ4n) is 2.73. The molecule has 0 aliphatic heterocycles. The summed E-state index contributed by atoms with van der Waals surface area (Å²) in [4.78, 5) is 4.23. The van der Waals surface area contributed by atoms with Crippen LogP contribution in [0.15, 0.2) is 17.6 Å². The molecular weight excluding hydrogens is 238 g/mol. The van der Waals surface area contributed by atoms with E-state index in [0.29, 0.717) is 5.41 Å². The number of ether oxygens (including phenoxy) is 1. The molecule has 0 aromatic heterocycles. The Hall–Kier alpha value is -1.03. The minimum atomic E-state index is 0.390. The Morgan fingerprint density at radius 2 is 2.11 bits per heavy atom. The van der Waals surface area contributed by atoms with Gasteiger partial charge < -0.3 is 15.4 Å². The molecule has 0 saturated heterocycles. The lowest BCUT2D eigenvalue weighted by molar-refractivity contribution is 0.105. The normalized spacial score (nSPS) is 18.3. The standard InChI is InChI=1S/C15H29N3O/c1-4-11-17-14(16-3)18-13-15(8-6-7-9-15)10-12-19-5-2/h4H,1,5-13H2,2-3H3,(H2,16,17,18). The van der Waals surface area contributed by atoms with Crippen LogP contribution in [-0.4, -0.2) is 39.3 Å². The van der Waals surface area contributed by atoms with Crippen LogP contribution in [0.2, 0.25) is 0 Å². The van der Waals surface area contributed by atoms with Crippen LogP contribution in [0, 0.1) is 5.41 Å². The van der Waals surface area contributed by atoms with Crippen molar-refractivity contribution in [1.82, 2.24) is 10.6 Å². The molecule has 0 aromatic rings. The molecule has 0 atom stereocenters. The summed E-state index contributed by atoms with van der Waals surface area (Å²) in [7, 11) is 1.81. The first kappa shape index (κ1) is 16.0. The first-order chi connectivity index (χ1) is 9.26. The van der Waals surface area contributed by atoms with Crippen molar-refractivity contribution in [2.75, 3.05) is 33.4 Å². The molecule has 0 radical (unpaired) electrons. The zero-order valence-corrected chi connectivity index (χ0v) is 12.5. The van der Waals surface area contributed by atoms with Crippen molar-refractivity contribution in [3.05, 3.63) is 12.7 Å². The number of hydrogen-bond acceptors (Lipinski definition) is 2. The van der Waals surface area contributed by atoms with Gasteiger partial charge in [-0.15, -0.1) is 6.58 Å². The summed E-state index contributed by atoms with van der Waals surface area (Å²) in [6.07, 6.45) is 8.26. The first-order valence-electron chi connectivity index (χ1n) is 7.39. The van der Waals surface area contributed by atoms with Crippen molar-refractivity contribution in [1.29, 1.82) is 0 Å². The second-order valence-electron chi connectivity index (χ2n) is 5.25. The summed E-state index contributed by atoms with van der Waals surface area (Å²) < 4.78 is 5.53. The Bertz CT molecular complexity index is 283. The van der Waals surface area contributed by atoms with Gasteiger partial charge in [0.25, 0.3) is 0 Å². The largest absolute Gasteiger partial charge is 0.382 e. The van der Waals surface area contributed by atoms with Gasteiger partial charge in [-0.1, -0.05) is 18.9 Å². The molecule has 1 saturated carbocycles. The zero-order chi connectivity index (χ0) is 14.0. The molecule has 0 heterocycles. The number of aliphatic imine (C=N–C) groups is 1. The highest BCUT2D eigenvalue weighted by atomic mass is 16.5. The molecule has 2 N–H and O–H groups in total. The molecule has 0 aromatic carbocycles. The summed E-state index contributed by atoms with van der Waals surface area (Å²) in [5.74, 6) is 0.864. The van der Waals surface area contributed by atoms with E-state index in [-0.39, 0.29) is 0 Å². The predicted molar refractivity (Wildman–Crippen MR) is 81.6 cm³/mol. The van der Waals surface area contributed by atoms with Crippen LogP contribution in [0.25, 0.3) is 0 Å². The maximum atomic E-state index is 5.53. The number of guanidine groups is 1. The third-order valence-corrected chi connectivity index (χ3v) is 3.91. The van der Waals surface area contributed by atoms with E-state index >= 15 is 0 Å². The number of nitrogens with zero attached hydrogens (tertiary/aromatic N) is 1. The van der Waals surface area contributed by atoms with Crippen LogP contribution in [0.5, 0.6) is 0 Å². The van der Waals surface area contributed by atoms with Crippen molar-refractivity contribution in [3.8, 4) is 0 Å². The fraction of sp³-hybridized carbons (Fsp3) is 0.800. The minimum absolute atomic E-state index is 0.390. The Labute approximate surface area is 117 Å². The lowest BCUT2D eigenvalue weighted by Crippen LogP contribution is -2.43. The first-order valence-corrected chi connectivity index (χ1v) is 7.39. The van der Waals surface area contributed by atoms with Gasteiger partial charge in [0.1, 0.15) is 0 Å². The van der Waals surface area contributed by atoms with Gasteiger partial charge in [0.15, 0.2) is 5.96 Å². The van der Waals surface area contributed by atoms with Gasteiger partial charge in [0, 0.05) is 33.4 Å². The molecule has 0 bridgehead atoms. The number of nitrogens with one attached hydrogen (secondary N) is 2. The average Bonchev–Trinajstić information content (AvgIpc) is 2.89. The molecule has 1 fully saturated rings. The summed E-state index contributed by atoms with van der Waals surface area (Å²) in [6, 6.07) is 0. The predicted octanol–water partition coefficient (Wildman–Crippen LogP) is 2.32. The molecule has 0 amide bonds. The topological polar surface area (TPSA) is 45.7 Å². The van der Waals surface area contributed by atoms with Gasteiger partial charge in [-0.25, -0.2) is 0 Å². The molecular formula is C15H29N3O. The van der Waals surface area contributed by atoms with Gasteiger partial charge in [0.2, 0.25) is 0 Å². The second-order valence-corrected chi connectivity index (χ2v) is 5.25. The quantitative estimate of drug-likeness (QED) is 0.307. The monoisotopic (exact) mass is 267 g/mol. The molecule has 0 unspecified atom stereocenters. The van der Waals surface area contributed by atoms with Gasteiger partial charge in [-0.05, 0) is 31.6 Å². The second kappa shape index (κ2) is 8.97. The number of hydrogen-bond donors (Lipinski definition) is 2. The van der Waals surface area contributed by atoms with E-state index in [1.54, 1.807) is 7.05 Å². The van der Waals surface area contributed by atoms with E-state index in [0.717, 1.165) is 38.7 Å². The Kier molecular flexibility index (Phi) is 7.56. The zero-order valence-electron chi connectivity index (χ0n) is 12.5. The van der Waals surface area contributed by atoms with Crippen molar-refractivity contribution < 1.29 is 4.74 Å². The Morgan fingerprint density at radius 3 is 2.68 bits per heavy atom. The molecule has 1 rings (SSSR count). The average molecular weight is 267 g/mol. The summed E-state index contributed by atoms with van der Waals surface area (Å²) in [5.41, 5.74) is 0.390. The SMILES string of the molecule is C=CCNC(=NC)NCC1(CCOCC)CCCC1. The minimum Gasteiger partial charge on any atom is -0.382 e. The Morgan fingerprint density at radius 1 is 1.37 bits per heavy atom. The number of rotatable bonds is 8. The lowest BCUT2D eigenvalue weighted by atomic mass is 9.83. The van der Waals surface area contributed by atoms with E-state index in [1.807, 2.05) is 6.08 Å². The third kappa shape index (κ3) is 5.64. The van der Waals surface area contributed by atoms with Crippen molar-refractivity contribution in [2.45, 2.75) is 39.0 Å². The molecule has 110 valence electrons. The molecule has 4 heteroatoms. The highest BCUT2D eigenvalue weighted by Gasteiger charge is 2.33. The smallest absolute Gasteiger partial charge is 0.191 e.